The maximum atomic E-state index is 3.54. The van der Waals surface area contributed by atoms with Gasteiger partial charge in [0.25, 0.3) is 0 Å². The zero-order valence-corrected chi connectivity index (χ0v) is 9.36. The average molecular weight is 169 g/mol. The van der Waals surface area contributed by atoms with Gasteiger partial charge in [-0.25, -0.2) is 0 Å². The fourth-order valence-electron chi connectivity index (χ4n) is 1.39. The Morgan fingerprint density at radius 1 is 1.42 bits per heavy atom. The minimum atomic E-state index is 0.230. The molecule has 0 aromatic rings. The van der Waals surface area contributed by atoms with Gasteiger partial charge in [0.2, 0.25) is 0 Å². The number of allylic oxidation sites excluding steroid dienone is 1. The number of nitrogens with one attached hydrogen (secondary N) is 1. The Morgan fingerprint density at radius 3 is 2.25 bits per heavy atom. The maximum Gasteiger partial charge on any atom is 0.00991 e. The van der Waals surface area contributed by atoms with Crippen molar-refractivity contribution in [2.45, 2.75) is 59.5 Å². The van der Waals surface area contributed by atoms with Gasteiger partial charge in [-0.15, -0.1) is 0 Å². The Morgan fingerprint density at radius 2 is 1.92 bits per heavy atom. The second-order valence-electron chi connectivity index (χ2n) is 4.63. The van der Waals surface area contributed by atoms with Crippen molar-refractivity contribution in [2.75, 3.05) is 0 Å². The first kappa shape index (κ1) is 11.7. The first-order valence-electron chi connectivity index (χ1n) is 4.74. The lowest BCUT2D eigenvalue weighted by molar-refractivity contribution is 0.370. The molecular weight excluding hydrogens is 146 g/mol. The number of hydrogen-bond acceptors (Lipinski definition) is 1. The molecule has 1 heteroatoms. The van der Waals surface area contributed by atoms with E-state index in [1.54, 1.807) is 0 Å². The molecule has 0 saturated carbocycles. The van der Waals surface area contributed by atoms with Gasteiger partial charge in [0.1, 0.15) is 0 Å². The third kappa shape index (κ3) is 6.41. The number of hydrogen-bond donors (Lipinski definition) is 1. The van der Waals surface area contributed by atoms with Crippen LogP contribution in [0.25, 0.3) is 0 Å². The van der Waals surface area contributed by atoms with E-state index < -0.39 is 0 Å². The normalized spacial score (nSPS) is 16.3. The molecular formula is C11H23N. The van der Waals surface area contributed by atoms with Crippen LogP contribution < -0.4 is 5.32 Å². The molecule has 1 atom stereocenters. The molecule has 0 saturated heterocycles. The van der Waals surface area contributed by atoms with E-state index in [1.165, 1.54) is 5.57 Å². The van der Waals surface area contributed by atoms with Crippen LogP contribution in [0.15, 0.2) is 11.6 Å². The van der Waals surface area contributed by atoms with Crippen molar-refractivity contribution < 1.29 is 0 Å². The summed E-state index contributed by atoms with van der Waals surface area (Å²) in [5.74, 6) is 0. The van der Waals surface area contributed by atoms with Crippen molar-refractivity contribution in [2.24, 2.45) is 0 Å². The molecule has 1 N–H and O–H groups in total. The van der Waals surface area contributed by atoms with Gasteiger partial charge >= 0.3 is 0 Å². The summed E-state index contributed by atoms with van der Waals surface area (Å²) in [6, 6.07) is 0.571. The molecule has 0 aromatic carbocycles. The summed E-state index contributed by atoms with van der Waals surface area (Å²) in [7, 11) is 0. The van der Waals surface area contributed by atoms with Crippen LogP contribution in [0.1, 0.15) is 48.0 Å². The maximum absolute atomic E-state index is 3.54. The molecule has 0 rings (SSSR count). The summed E-state index contributed by atoms with van der Waals surface area (Å²) in [4.78, 5) is 0. The summed E-state index contributed by atoms with van der Waals surface area (Å²) in [6.45, 7) is 13.1. The van der Waals surface area contributed by atoms with Crippen LogP contribution in [0.4, 0.5) is 0 Å². The largest absolute Gasteiger partial charge is 0.309 e. The average Bonchev–Trinajstić information content (AvgIpc) is 1.82. The minimum absolute atomic E-state index is 0.230. The smallest absolute Gasteiger partial charge is 0.00991 e. The van der Waals surface area contributed by atoms with E-state index in [1.807, 2.05) is 0 Å². The van der Waals surface area contributed by atoms with Gasteiger partial charge in [-0.2, -0.15) is 0 Å². The van der Waals surface area contributed by atoms with Gasteiger partial charge in [-0.05, 0) is 48.0 Å². The van der Waals surface area contributed by atoms with Crippen LogP contribution in [-0.2, 0) is 0 Å². The van der Waals surface area contributed by atoms with Gasteiger partial charge in [-0.1, -0.05) is 11.6 Å². The van der Waals surface area contributed by atoms with Crippen LogP contribution in [0, 0.1) is 0 Å². The van der Waals surface area contributed by atoms with Crippen molar-refractivity contribution in [1.29, 1.82) is 0 Å². The summed E-state index contributed by atoms with van der Waals surface area (Å²) in [6.07, 6.45) is 3.33. The lowest BCUT2D eigenvalue weighted by Gasteiger charge is -2.26. The van der Waals surface area contributed by atoms with Crippen molar-refractivity contribution in [3.05, 3.63) is 11.6 Å². The van der Waals surface area contributed by atoms with E-state index in [4.69, 9.17) is 0 Å². The Kier molecular flexibility index (Phi) is 4.54. The molecule has 0 aliphatic rings. The van der Waals surface area contributed by atoms with Gasteiger partial charge in [0.15, 0.2) is 0 Å². The van der Waals surface area contributed by atoms with Crippen LogP contribution in [0.3, 0.4) is 0 Å². The fourth-order valence-corrected chi connectivity index (χ4v) is 1.39. The molecule has 12 heavy (non-hydrogen) atoms. The van der Waals surface area contributed by atoms with Crippen molar-refractivity contribution in [3.63, 3.8) is 0 Å². The molecule has 0 radical (unpaired) electrons. The highest BCUT2D eigenvalue weighted by molar-refractivity contribution is 4.98. The molecule has 1 nitrogen and oxygen atoms in total. The van der Waals surface area contributed by atoms with E-state index in [9.17, 15) is 0 Å². The third-order valence-corrected chi connectivity index (χ3v) is 1.80. The molecule has 1 unspecified atom stereocenters. The van der Waals surface area contributed by atoms with Crippen LogP contribution in [-0.4, -0.2) is 11.6 Å². The monoisotopic (exact) mass is 169 g/mol. The fraction of sp³-hybridized carbons (Fsp3) is 0.818. The summed E-state index contributed by atoms with van der Waals surface area (Å²) in [5.41, 5.74) is 1.69. The second kappa shape index (κ2) is 4.66. The lowest BCUT2D eigenvalue weighted by Crippen LogP contribution is -2.42. The zero-order chi connectivity index (χ0) is 9.78. The number of rotatable bonds is 3. The Balaban J connectivity index is 3.82. The topological polar surface area (TPSA) is 12.0 Å². The molecule has 0 aliphatic heterocycles. The summed E-state index contributed by atoms with van der Waals surface area (Å²) < 4.78 is 0. The SMILES string of the molecule is CC=C(C)CC(C)NC(C)(C)C. The minimum Gasteiger partial charge on any atom is -0.309 e. The van der Waals surface area contributed by atoms with Gasteiger partial charge < -0.3 is 5.32 Å². The predicted molar refractivity (Wildman–Crippen MR) is 56.4 cm³/mol. The summed E-state index contributed by atoms with van der Waals surface area (Å²) in [5, 5.41) is 3.54. The molecule has 0 aromatic heterocycles. The predicted octanol–water partition coefficient (Wildman–Crippen LogP) is 3.12. The van der Waals surface area contributed by atoms with Crippen molar-refractivity contribution >= 4 is 0 Å². The van der Waals surface area contributed by atoms with Crippen molar-refractivity contribution in [3.8, 4) is 0 Å². The second-order valence-corrected chi connectivity index (χ2v) is 4.63. The molecule has 0 spiro atoms. The Hall–Kier alpha value is -0.300. The molecule has 0 amide bonds. The highest BCUT2D eigenvalue weighted by Crippen LogP contribution is 2.08. The van der Waals surface area contributed by atoms with Crippen LogP contribution >= 0.6 is 0 Å². The lowest BCUT2D eigenvalue weighted by atomic mass is 10.0. The first-order chi connectivity index (χ1) is 5.35. The molecule has 0 heterocycles. The van der Waals surface area contributed by atoms with E-state index in [0.717, 1.165) is 6.42 Å². The van der Waals surface area contributed by atoms with Crippen molar-refractivity contribution in [1.82, 2.24) is 5.32 Å². The Bertz CT molecular complexity index is 151. The van der Waals surface area contributed by atoms with E-state index in [-0.39, 0.29) is 5.54 Å². The Labute approximate surface area is 77.2 Å². The van der Waals surface area contributed by atoms with Gasteiger partial charge in [-0.3, -0.25) is 0 Å². The molecule has 0 fully saturated rings. The first-order valence-corrected chi connectivity index (χ1v) is 4.74. The highest BCUT2D eigenvalue weighted by atomic mass is 15.0. The van der Waals surface area contributed by atoms with Gasteiger partial charge in [0.05, 0.1) is 0 Å². The molecule has 72 valence electrons. The van der Waals surface area contributed by atoms with Gasteiger partial charge in [0, 0.05) is 11.6 Å². The van der Waals surface area contributed by atoms with E-state index in [0.29, 0.717) is 6.04 Å². The summed E-state index contributed by atoms with van der Waals surface area (Å²) >= 11 is 0. The van der Waals surface area contributed by atoms with E-state index in [2.05, 4.69) is 52.9 Å². The quantitative estimate of drug-likeness (QED) is 0.640. The zero-order valence-electron chi connectivity index (χ0n) is 9.36. The standard InChI is InChI=1S/C11H23N/c1-7-9(2)8-10(3)12-11(4,5)6/h7,10,12H,8H2,1-6H3. The molecule has 0 aliphatic carbocycles. The van der Waals surface area contributed by atoms with Crippen LogP contribution in [0.2, 0.25) is 0 Å². The third-order valence-electron chi connectivity index (χ3n) is 1.80. The van der Waals surface area contributed by atoms with E-state index >= 15 is 0 Å². The van der Waals surface area contributed by atoms with Crippen LogP contribution in [0.5, 0.6) is 0 Å². The highest BCUT2D eigenvalue weighted by Gasteiger charge is 2.12. The molecule has 0 bridgehead atoms.